The second-order valence-electron chi connectivity index (χ2n) is 5.68. The number of nitrogens with two attached hydrogens (primary N) is 1. The van der Waals surface area contributed by atoms with Gasteiger partial charge in [-0.3, -0.25) is 9.59 Å². The SMILES string of the molecule is COC(=O)C(C(C)=O)C(CCCCCCCCCBr)NC(N)=O. The Morgan fingerprint density at radius 3 is 2.00 bits per heavy atom. The number of carbonyl (C=O) groups excluding carboxylic acids is 3. The number of halogens is 1. The van der Waals surface area contributed by atoms with Crippen molar-refractivity contribution in [3.05, 3.63) is 0 Å². The van der Waals surface area contributed by atoms with E-state index in [2.05, 4.69) is 26.0 Å². The zero-order chi connectivity index (χ0) is 17.7. The van der Waals surface area contributed by atoms with Crippen LogP contribution in [0, 0.1) is 5.92 Å². The van der Waals surface area contributed by atoms with Crippen LogP contribution in [0.2, 0.25) is 0 Å². The molecule has 23 heavy (non-hydrogen) atoms. The number of amides is 2. The second kappa shape index (κ2) is 13.3. The van der Waals surface area contributed by atoms with Gasteiger partial charge in [-0.1, -0.05) is 54.5 Å². The first-order valence-electron chi connectivity index (χ1n) is 8.14. The van der Waals surface area contributed by atoms with Crippen molar-refractivity contribution in [2.45, 2.75) is 64.3 Å². The molecule has 0 aliphatic carbocycles. The van der Waals surface area contributed by atoms with Gasteiger partial charge in [0.15, 0.2) is 0 Å². The summed E-state index contributed by atoms with van der Waals surface area (Å²) in [6, 6.07) is -1.34. The highest BCUT2D eigenvalue weighted by Gasteiger charge is 2.33. The number of rotatable bonds is 13. The maximum absolute atomic E-state index is 11.8. The molecule has 0 saturated heterocycles. The quantitative estimate of drug-likeness (QED) is 0.218. The van der Waals surface area contributed by atoms with Gasteiger partial charge in [0, 0.05) is 5.33 Å². The van der Waals surface area contributed by atoms with Gasteiger partial charge in [0.1, 0.15) is 11.7 Å². The predicted molar refractivity (Wildman–Crippen MR) is 93.4 cm³/mol. The first-order chi connectivity index (χ1) is 10.9. The number of alkyl halides is 1. The van der Waals surface area contributed by atoms with Crippen molar-refractivity contribution in [2.75, 3.05) is 12.4 Å². The third-order valence-electron chi connectivity index (χ3n) is 3.77. The molecule has 0 saturated carbocycles. The number of primary amides is 1. The molecule has 0 spiro atoms. The third kappa shape index (κ3) is 10.3. The standard InChI is InChI=1S/C16H29BrN2O4/c1-12(20)14(15(21)23-2)13(19-16(18)22)10-8-6-4-3-5-7-9-11-17/h13-14H,3-11H2,1-2H3,(H3,18,19,22). The lowest BCUT2D eigenvalue weighted by Crippen LogP contribution is -2.48. The maximum Gasteiger partial charge on any atom is 0.318 e. The summed E-state index contributed by atoms with van der Waals surface area (Å²) in [5.41, 5.74) is 5.15. The molecule has 0 aliphatic rings. The van der Waals surface area contributed by atoms with Gasteiger partial charge >= 0.3 is 12.0 Å². The molecule has 2 amide bonds. The Balaban J connectivity index is 4.31. The first-order valence-corrected chi connectivity index (χ1v) is 9.26. The molecule has 134 valence electrons. The van der Waals surface area contributed by atoms with Crippen LogP contribution in [0.3, 0.4) is 0 Å². The molecular formula is C16H29BrN2O4. The molecule has 3 N–H and O–H groups in total. The number of hydrogen-bond donors (Lipinski definition) is 2. The van der Waals surface area contributed by atoms with Crippen LogP contribution in [-0.4, -0.2) is 36.3 Å². The first kappa shape index (κ1) is 21.9. The van der Waals surface area contributed by atoms with Gasteiger partial charge in [-0.25, -0.2) is 4.79 Å². The largest absolute Gasteiger partial charge is 0.468 e. The van der Waals surface area contributed by atoms with Crippen LogP contribution < -0.4 is 11.1 Å². The van der Waals surface area contributed by atoms with Crippen LogP contribution in [0.4, 0.5) is 4.79 Å². The van der Waals surface area contributed by atoms with Crippen LogP contribution in [0.15, 0.2) is 0 Å². The van der Waals surface area contributed by atoms with Gasteiger partial charge in [-0.15, -0.1) is 0 Å². The molecule has 7 heteroatoms. The van der Waals surface area contributed by atoms with E-state index in [1.807, 2.05) is 0 Å². The number of methoxy groups -OCH3 is 1. The minimum Gasteiger partial charge on any atom is -0.468 e. The molecule has 0 aromatic rings. The molecule has 0 aromatic heterocycles. The second-order valence-corrected chi connectivity index (χ2v) is 6.47. The number of urea groups is 1. The average molecular weight is 393 g/mol. The average Bonchev–Trinajstić information content (AvgIpc) is 2.48. The number of hydrogen-bond acceptors (Lipinski definition) is 4. The number of nitrogens with one attached hydrogen (secondary N) is 1. The molecule has 0 rings (SSSR count). The minimum absolute atomic E-state index is 0.328. The Morgan fingerprint density at radius 2 is 1.57 bits per heavy atom. The van der Waals surface area contributed by atoms with Crippen LogP contribution in [0.5, 0.6) is 0 Å². The summed E-state index contributed by atoms with van der Waals surface area (Å²) in [5.74, 6) is -1.96. The van der Waals surface area contributed by atoms with Gasteiger partial charge in [-0.05, 0) is 19.8 Å². The van der Waals surface area contributed by atoms with E-state index in [1.54, 1.807) is 0 Å². The van der Waals surface area contributed by atoms with E-state index in [0.717, 1.165) is 24.6 Å². The van der Waals surface area contributed by atoms with Gasteiger partial charge < -0.3 is 15.8 Å². The molecule has 6 nitrogen and oxygen atoms in total. The molecule has 2 atom stereocenters. The Kier molecular flexibility index (Phi) is 12.7. The normalized spacial score (nSPS) is 13.2. The Morgan fingerprint density at radius 1 is 1.04 bits per heavy atom. The molecule has 0 bridgehead atoms. The third-order valence-corrected chi connectivity index (χ3v) is 4.33. The maximum atomic E-state index is 11.8. The van der Waals surface area contributed by atoms with Gasteiger partial charge in [0.25, 0.3) is 0 Å². The fraction of sp³-hybridized carbons (Fsp3) is 0.812. The number of unbranched alkanes of at least 4 members (excludes halogenated alkanes) is 6. The van der Waals surface area contributed by atoms with E-state index in [9.17, 15) is 14.4 Å². The lowest BCUT2D eigenvalue weighted by atomic mass is 9.91. The van der Waals surface area contributed by atoms with Crippen molar-refractivity contribution in [1.82, 2.24) is 5.32 Å². The highest BCUT2D eigenvalue weighted by molar-refractivity contribution is 9.09. The molecule has 0 aromatic carbocycles. The van der Waals surface area contributed by atoms with E-state index >= 15 is 0 Å². The predicted octanol–water partition coefficient (Wildman–Crippen LogP) is 2.92. The van der Waals surface area contributed by atoms with E-state index < -0.39 is 24.0 Å². The van der Waals surface area contributed by atoms with Crippen LogP contribution in [0.1, 0.15) is 58.3 Å². The summed E-state index contributed by atoms with van der Waals surface area (Å²) >= 11 is 3.41. The fourth-order valence-corrected chi connectivity index (χ4v) is 2.98. The van der Waals surface area contributed by atoms with Crippen molar-refractivity contribution >= 4 is 33.7 Å². The molecule has 0 fully saturated rings. The van der Waals surface area contributed by atoms with Gasteiger partial charge in [0.05, 0.1) is 13.2 Å². The molecule has 0 heterocycles. The Bertz CT molecular complexity index is 377. The van der Waals surface area contributed by atoms with Crippen molar-refractivity contribution in [3.63, 3.8) is 0 Å². The topological polar surface area (TPSA) is 98.5 Å². The molecule has 0 aliphatic heterocycles. The highest BCUT2D eigenvalue weighted by Crippen LogP contribution is 2.16. The monoisotopic (exact) mass is 392 g/mol. The zero-order valence-electron chi connectivity index (χ0n) is 14.1. The smallest absolute Gasteiger partial charge is 0.318 e. The number of ether oxygens (including phenoxy) is 1. The van der Waals surface area contributed by atoms with Crippen molar-refractivity contribution < 1.29 is 19.1 Å². The fourth-order valence-electron chi connectivity index (χ4n) is 2.59. The van der Waals surface area contributed by atoms with Crippen LogP contribution in [0.25, 0.3) is 0 Å². The van der Waals surface area contributed by atoms with Crippen LogP contribution in [-0.2, 0) is 14.3 Å². The van der Waals surface area contributed by atoms with Crippen molar-refractivity contribution in [1.29, 1.82) is 0 Å². The number of carbonyl (C=O) groups is 3. The summed E-state index contributed by atoms with van der Waals surface area (Å²) in [6.07, 6.45) is 8.27. The molecule has 2 unspecified atom stereocenters. The minimum atomic E-state index is -0.994. The summed E-state index contributed by atoms with van der Waals surface area (Å²) in [5, 5.41) is 3.56. The van der Waals surface area contributed by atoms with E-state index in [1.165, 1.54) is 39.7 Å². The summed E-state index contributed by atoms with van der Waals surface area (Å²) < 4.78 is 4.66. The number of Topliss-reactive ketones (excluding diaryl/α,β-unsaturated/α-hetero) is 1. The van der Waals surface area contributed by atoms with E-state index in [-0.39, 0.29) is 5.78 Å². The Labute approximate surface area is 147 Å². The lowest BCUT2D eigenvalue weighted by molar-refractivity contribution is -0.150. The molecule has 0 radical (unpaired) electrons. The lowest BCUT2D eigenvalue weighted by Gasteiger charge is -2.23. The number of esters is 1. The van der Waals surface area contributed by atoms with Crippen molar-refractivity contribution in [3.8, 4) is 0 Å². The van der Waals surface area contributed by atoms with Crippen LogP contribution >= 0.6 is 15.9 Å². The van der Waals surface area contributed by atoms with E-state index in [4.69, 9.17) is 5.73 Å². The molecular weight excluding hydrogens is 364 g/mol. The van der Waals surface area contributed by atoms with E-state index in [0.29, 0.717) is 6.42 Å². The van der Waals surface area contributed by atoms with Gasteiger partial charge in [-0.2, -0.15) is 0 Å². The highest BCUT2D eigenvalue weighted by atomic mass is 79.9. The Hall–Kier alpha value is -1.11. The summed E-state index contributed by atoms with van der Waals surface area (Å²) in [6.45, 7) is 1.32. The van der Waals surface area contributed by atoms with Gasteiger partial charge in [0.2, 0.25) is 0 Å². The zero-order valence-corrected chi connectivity index (χ0v) is 15.7. The number of ketones is 1. The summed E-state index contributed by atoms with van der Waals surface area (Å²) in [7, 11) is 1.23. The summed E-state index contributed by atoms with van der Waals surface area (Å²) in [4.78, 5) is 34.6. The van der Waals surface area contributed by atoms with Crippen molar-refractivity contribution in [2.24, 2.45) is 11.7 Å².